The summed E-state index contributed by atoms with van der Waals surface area (Å²) in [5.41, 5.74) is 5.90. The van der Waals surface area contributed by atoms with Gasteiger partial charge in [-0.05, 0) is 42.8 Å². The number of hydrogen-bond acceptors (Lipinski definition) is 6. The highest BCUT2D eigenvalue weighted by Crippen LogP contribution is 2.31. The maximum atomic E-state index is 14.4. The lowest BCUT2D eigenvalue weighted by Gasteiger charge is -2.40. The number of benzene rings is 1. The molecule has 1 amide bonds. The topological polar surface area (TPSA) is 104 Å². The molecular formula is C24H24F3N5O2. The minimum atomic E-state index is -0.978. The highest BCUT2D eigenvalue weighted by molar-refractivity contribution is 6.04. The Morgan fingerprint density at radius 3 is 2.53 bits per heavy atom. The average molecular weight is 471 g/mol. The first kappa shape index (κ1) is 23.7. The van der Waals surface area contributed by atoms with Crippen LogP contribution < -0.4 is 16.0 Å². The first-order valence-corrected chi connectivity index (χ1v) is 10.7. The third kappa shape index (κ3) is 4.59. The molecule has 1 aromatic carbocycles. The zero-order valence-corrected chi connectivity index (χ0v) is 18.6. The molecule has 4 N–H and O–H groups in total. The van der Waals surface area contributed by atoms with Crippen LogP contribution in [0.2, 0.25) is 0 Å². The van der Waals surface area contributed by atoms with Gasteiger partial charge in [-0.3, -0.25) is 9.78 Å². The molecule has 3 unspecified atom stereocenters. The summed E-state index contributed by atoms with van der Waals surface area (Å²) in [6, 6.07) is 5.43. The molecular weight excluding hydrogens is 447 g/mol. The van der Waals surface area contributed by atoms with Crippen molar-refractivity contribution in [2.75, 3.05) is 23.3 Å². The van der Waals surface area contributed by atoms with Crippen LogP contribution in [0.15, 0.2) is 42.7 Å². The van der Waals surface area contributed by atoms with Gasteiger partial charge in [-0.1, -0.05) is 6.92 Å². The molecule has 4 rings (SSSR count). The van der Waals surface area contributed by atoms with E-state index in [1.807, 2.05) is 11.8 Å². The molecule has 3 heterocycles. The molecule has 0 radical (unpaired) electrons. The fourth-order valence-corrected chi connectivity index (χ4v) is 4.13. The molecule has 0 bridgehead atoms. The van der Waals surface area contributed by atoms with Crippen molar-refractivity contribution in [2.24, 2.45) is 11.7 Å². The van der Waals surface area contributed by atoms with Crippen LogP contribution >= 0.6 is 0 Å². The number of amides is 1. The second kappa shape index (κ2) is 9.40. The summed E-state index contributed by atoms with van der Waals surface area (Å²) in [4.78, 5) is 22.8. The van der Waals surface area contributed by atoms with Gasteiger partial charge >= 0.3 is 0 Å². The smallest absolute Gasteiger partial charge is 0.274 e. The summed E-state index contributed by atoms with van der Waals surface area (Å²) in [7, 11) is 0. The molecule has 1 aliphatic heterocycles. The molecule has 7 nitrogen and oxygen atoms in total. The largest absolute Gasteiger partial charge is 0.391 e. The van der Waals surface area contributed by atoms with Crippen molar-refractivity contribution in [3.63, 3.8) is 0 Å². The van der Waals surface area contributed by atoms with E-state index in [0.717, 1.165) is 24.3 Å². The monoisotopic (exact) mass is 471 g/mol. The predicted octanol–water partition coefficient (Wildman–Crippen LogP) is 3.27. The quantitative estimate of drug-likeness (QED) is 0.540. The Kier molecular flexibility index (Phi) is 6.54. The fourth-order valence-electron chi connectivity index (χ4n) is 4.13. The van der Waals surface area contributed by atoms with Gasteiger partial charge in [0, 0.05) is 31.2 Å². The molecule has 0 spiro atoms. The second-order valence-electron chi connectivity index (χ2n) is 8.51. The third-order valence-electron chi connectivity index (χ3n) is 5.85. The molecule has 0 aliphatic carbocycles. The molecule has 1 fully saturated rings. The zero-order valence-electron chi connectivity index (χ0n) is 18.6. The molecule has 3 atom stereocenters. The van der Waals surface area contributed by atoms with Gasteiger partial charge in [-0.15, -0.1) is 0 Å². The molecule has 3 aromatic rings. The number of hydrogen-bond donors (Lipinski definition) is 3. The van der Waals surface area contributed by atoms with Crippen molar-refractivity contribution in [2.45, 2.75) is 26.0 Å². The Labute approximate surface area is 194 Å². The number of rotatable bonds is 4. The third-order valence-corrected chi connectivity index (χ3v) is 5.85. The van der Waals surface area contributed by atoms with E-state index in [-0.39, 0.29) is 11.6 Å². The van der Waals surface area contributed by atoms with Gasteiger partial charge in [0.1, 0.15) is 28.8 Å². The number of carbonyl (C=O) groups is 1. The number of piperidine rings is 1. The summed E-state index contributed by atoms with van der Waals surface area (Å²) < 4.78 is 43.3. The number of nitrogens with zero attached hydrogens (tertiary/aromatic N) is 3. The second-order valence-corrected chi connectivity index (χ2v) is 8.51. The summed E-state index contributed by atoms with van der Waals surface area (Å²) >= 11 is 0. The summed E-state index contributed by atoms with van der Waals surface area (Å²) in [6.45, 7) is 4.26. The van der Waals surface area contributed by atoms with Crippen molar-refractivity contribution in [1.82, 2.24) is 9.97 Å². The van der Waals surface area contributed by atoms with Crippen LogP contribution in [0.3, 0.4) is 0 Å². The van der Waals surface area contributed by atoms with Crippen molar-refractivity contribution in [3.05, 3.63) is 71.4 Å². The van der Waals surface area contributed by atoms with Crippen LogP contribution in [0.1, 0.15) is 23.0 Å². The minimum Gasteiger partial charge on any atom is -0.391 e. The summed E-state index contributed by atoms with van der Waals surface area (Å²) in [5, 5.41) is 12.8. The van der Waals surface area contributed by atoms with Gasteiger partial charge in [0.2, 0.25) is 0 Å². The van der Waals surface area contributed by atoms with Crippen LogP contribution in [0.4, 0.5) is 24.5 Å². The van der Waals surface area contributed by atoms with Gasteiger partial charge < -0.3 is 21.1 Å². The summed E-state index contributed by atoms with van der Waals surface area (Å²) in [5.74, 6) is -3.73. The van der Waals surface area contributed by atoms with Crippen molar-refractivity contribution in [1.29, 1.82) is 0 Å². The lowest BCUT2D eigenvalue weighted by atomic mass is 9.92. The zero-order chi connectivity index (χ0) is 24.6. The van der Waals surface area contributed by atoms with Crippen LogP contribution in [0.25, 0.3) is 11.3 Å². The van der Waals surface area contributed by atoms with Crippen LogP contribution in [-0.4, -0.2) is 46.2 Å². The Hall–Kier alpha value is -3.50. The minimum absolute atomic E-state index is 0.0962. The molecule has 10 heteroatoms. The normalized spacial score (nSPS) is 20.3. The van der Waals surface area contributed by atoms with Gasteiger partial charge in [-0.2, -0.15) is 0 Å². The van der Waals surface area contributed by atoms with Crippen LogP contribution in [0, 0.1) is 30.3 Å². The number of aromatic nitrogens is 2. The number of aliphatic hydroxyl groups is 1. The fraction of sp³-hybridized carbons (Fsp3) is 0.292. The van der Waals surface area contributed by atoms with Gasteiger partial charge in [0.05, 0.1) is 29.2 Å². The van der Waals surface area contributed by atoms with Crippen LogP contribution in [-0.2, 0) is 0 Å². The van der Waals surface area contributed by atoms with Crippen molar-refractivity contribution in [3.8, 4) is 11.3 Å². The molecule has 2 aromatic heterocycles. The van der Waals surface area contributed by atoms with E-state index in [2.05, 4.69) is 15.3 Å². The number of nitrogens with two attached hydrogens (primary N) is 1. The number of aliphatic hydroxyl groups excluding tert-OH is 1. The lowest BCUT2D eigenvalue weighted by Crippen LogP contribution is -2.55. The first-order chi connectivity index (χ1) is 16.2. The standard InChI is InChI=1S/C24H24F3N5O2/c1-12-7-15(26)21(16(27)8-12)22-14(25)3-4-18(30-22)24(34)31-19-9-29-6-5-20(19)32-10-13(2)23(33)17(28)11-32/h3-9,13,17,23,33H,10-11,28H2,1-2H3,(H,31,34). The number of aryl methyl sites for hydroxylation is 1. The van der Waals surface area contributed by atoms with E-state index in [1.54, 1.807) is 12.3 Å². The van der Waals surface area contributed by atoms with E-state index in [0.29, 0.717) is 30.0 Å². The maximum absolute atomic E-state index is 14.4. The average Bonchev–Trinajstić information content (AvgIpc) is 2.78. The SMILES string of the molecule is Cc1cc(F)c(-c2nc(C(=O)Nc3cnccc3N3CC(C)C(O)C(N)C3)ccc2F)c(F)c1. The maximum Gasteiger partial charge on any atom is 0.274 e. The van der Waals surface area contributed by atoms with Crippen LogP contribution in [0.5, 0.6) is 0 Å². The molecule has 34 heavy (non-hydrogen) atoms. The Morgan fingerprint density at radius 2 is 1.85 bits per heavy atom. The highest BCUT2D eigenvalue weighted by Gasteiger charge is 2.32. The summed E-state index contributed by atoms with van der Waals surface area (Å²) in [6.07, 6.45) is 2.36. The molecule has 1 aliphatic rings. The molecule has 1 saturated heterocycles. The van der Waals surface area contributed by atoms with E-state index < -0.39 is 46.8 Å². The van der Waals surface area contributed by atoms with E-state index in [9.17, 15) is 23.1 Å². The molecule has 178 valence electrons. The van der Waals surface area contributed by atoms with Gasteiger partial charge in [-0.25, -0.2) is 18.2 Å². The van der Waals surface area contributed by atoms with Crippen molar-refractivity contribution >= 4 is 17.3 Å². The molecule has 0 saturated carbocycles. The van der Waals surface area contributed by atoms with E-state index >= 15 is 0 Å². The number of anilines is 2. The number of pyridine rings is 2. The van der Waals surface area contributed by atoms with E-state index in [1.165, 1.54) is 13.1 Å². The number of carbonyl (C=O) groups excluding carboxylic acids is 1. The lowest BCUT2D eigenvalue weighted by molar-refractivity contribution is 0.0785. The highest BCUT2D eigenvalue weighted by atomic mass is 19.1. The Balaban J connectivity index is 1.64. The Bertz CT molecular complexity index is 1200. The van der Waals surface area contributed by atoms with E-state index in [4.69, 9.17) is 5.73 Å². The number of nitrogens with one attached hydrogen (secondary N) is 1. The first-order valence-electron chi connectivity index (χ1n) is 10.7. The number of halogens is 3. The Morgan fingerprint density at radius 1 is 1.15 bits per heavy atom. The van der Waals surface area contributed by atoms with Crippen molar-refractivity contribution < 1.29 is 23.1 Å². The predicted molar refractivity (Wildman–Crippen MR) is 122 cm³/mol. The van der Waals surface area contributed by atoms with Gasteiger partial charge in [0.25, 0.3) is 5.91 Å². The van der Waals surface area contributed by atoms with Gasteiger partial charge in [0.15, 0.2) is 0 Å².